The van der Waals surface area contributed by atoms with Crippen LogP contribution in [0.15, 0.2) is 60.7 Å². The zero-order valence-corrected chi connectivity index (χ0v) is 25.7. The first-order chi connectivity index (χ1) is 21.7. The van der Waals surface area contributed by atoms with Crippen LogP contribution in [0.2, 0.25) is 0 Å². The van der Waals surface area contributed by atoms with Gasteiger partial charge in [-0.05, 0) is 110 Å². The first-order valence-electron chi connectivity index (χ1n) is 13.4. The van der Waals surface area contributed by atoms with E-state index in [0.717, 1.165) is 5.56 Å². The first kappa shape index (κ1) is 35.3. The van der Waals surface area contributed by atoms with Gasteiger partial charge in [0.15, 0.2) is 0 Å². The van der Waals surface area contributed by atoms with Gasteiger partial charge in [-0.2, -0.15) is 0 Å². The molecule has 0 aromatic heterocycles. The standard InChI is InChI=1S/C22H25N3O4S.C15H4/c1-22(2)17(21(28)29)25-20(30-22)16(24-18(26)15-11-7-4-8-12-15)19(27)23-13-14-9-5-3-6-10-14;1-3-5-7-9-11-13-15-14-12-10-8-6-4-2/h3-12,16-17,20,25H,13H2,1-2H3,(H,23,27)(H,24,26)(H,28,29);1H,2H3. The number of thioether (sulfide) groups is 1. The highest BCUT2D eigenvalue weighted by Crippen LogP contribution is 2.39. The van der Waals surface area contributed by atoms with Gasteiger partial charge in [0.2, 0.25) is 5.91 Å². The lowest BCUT2D eigenvalue weighted by Gasteiger charge is -2.25. The second-order valence-electron chi connectivity index (χ2n) is 9.37. The Balaban J connectivity index is 0.000000399. The van der Waals surface area contributed by atoms with Crippen molar-refractivity contribution in [2.24, 2.45) is 0 Å². The predicted molar refractivity (Wildman–Crippen MR) is 177 cm³/mol. The lowest BCUT2D eigenvalue weighted by molar-refractivity contribution is -0.140. The van der Waals surface area contributed by atoms with Crippen LogP contribution < -0.4 is 16.0 Å². The first-order valence-corrected chi connectivity index (χ1v) is 14.3. The van der Waals surface area contributed by atoms with E-state index in [4.69, 9.17) is 6.42 Å². The van der Waals surface area contributed by atoms with Crippen LogP contribution in [-0.2, 0) is 16.1 Å². The number of hydrogen-bond donors (Lipinski definition) is 4. The van der Waals surface area contributed by atoms with Crippen LogP contribution >= 0.6 is 11.8 Å². The van der Waals surface area contributed by atoms with Crippen molar-refractivity contribution in [2.45, 2.75) is 49.5 Å². The third-order valence-electron chi connectivity index (χ3n) is 5.74. The number of aliphatic carboxylic acids is 1. The van der Waals surface area contributed by atoms with Crippen LogP contribution in [0.1, 0.15) is 36.7 Å². The van der Waals surface area contributed by atoms with E-state index >= 15 is 0 Å². The molecule has 45 heavy (non-hydrogen) atoms. The molecule has 3 unspecified atom stereocenters. The van der Waals surface area contributed by atoms with Crippen LogP contribution in [-0.4, -0.2) is 45.1 Å². The Morgan fingerprint density at radius 1 is 0.867 bits per heavy atom. The highest BCUT2D eigenvalue weighted by molar-refractivity contribution is 8.01. The molecule has 0 radical (unpaired) electrons. The SMILES string of the molecule is C#CC#CC#CC#CC#CC#CC#CC.CC1(C)SC(C(NC(=O)c2ccccc2)C(=O)NCc2ccccc2)NC1C(=O)O. The summed E-state index contributed by atoms with van der Waals surface area (Å²) >= 11 is 1.33. The van der Waals surface area contributed by atoms with Crippen molar-refractivity contribution >= 4 is 29.5 Å². The van der Waals surface area contributed by atoms with Gasteiger partial charge in [0, 0.05) is 16.9 Å². The van der Waals surface area contributed by atoms with E-state index in [1.165, 1.54) is 11.8 Å². The van der Waals surface area contributed by atoms with E-state index < -0.39 is 34.1 Å². The maximum atomic E-state index is 13.0. The zero-order chi connectivity index (χ0) is 32.9. The molecule has 0 aliphatic carbocycles. The second kappa shape index (κ2) is 19.3. The Morgan fingerprint density at radius 2 is 1.38 bits per heavy atom. The lowest BCUT2D eigenvalue weighted by Crippen LogP contribution is -2.56. The Morgan fingerprint density at radius 3 is 1.87 bits per heavy atom. The predicted octanol–water partition coefficient (Wildman–Crippen LogP) is 2.66. The minimum absolute atomic E-state index is 0.306. The summed E-state index contributed by atoms with van der Waals surface area (Å²) in [5.74, 6) is 30.2. The molecule has 1 aliphatic rings. The molecule has 0 bridgehead atoms. The summed E-state index contributed by atoms with van der Waals surface area (Å²) in [4.78, 5) is 37.4. The molecule has 8 heteroatoms. The average molecular weight is 612 g/mol. The van der Waals surface area contributed by atoms with Gasteiger partial charge in [-0.3, -0.25) is 19.7 Å². The molecular weight excluding hydrogens is 582 g/mol. The van der Waals surface area contributed by atoms with Gasteiger partial charge < -0.3 is 15.7 Å². The van der Waals surface area contributed by atoms with Crippen molar-refractivity contribution in [3.8, 4) is 83.4 Å². The number of rotatable bonds is 7. The van der Waals surface area contributed by atoms with Crippen LogP contribution in [0.4, 0.5) is 0 Å². The Bertz CT molecular complexity index is 1790. The molecule has 222 valence electrons. The van der Waals surface area contributed by atoms with Crippen molar-refractivity contribution in [1.29, 1.82) is 0 Å². The summed E-state index contributed by atoms with van der Waals surface area (Å²) in [5, 5.41) is 17.6. The molecule has 3 rings (SSSR count). The summed E-state index contributed by atoms with van der Waals surface area (Å²) in [6.07, 6.45) is 4.87. The summed E-state index contributed by atoms with van der Waals surface area (Å²) in [6, 6.07) is 16.2. The lowest BCUT2D eigenvalue weighted by atomic mass is 10.0. The van der Waals surface area contributed by atoms with Gasteiger partial charge in [-0.15, -0.1) is 18.2 Å². The summed E-state index contributed by atoms with van der Waals surface area (Å²) < 4.78 is -0.647. The molecule has 7 nitrogen and oxygen atoms in total. The van der Waals surface area contributed by atoms with Gasteiger partial charge >= 0.3 is 5.97 Å². The molecule has 2 amide bonds. The number of carboxylic acid groups (broad SMARTS) is 1. The molecule has 4 N–H and O–H groups in total. The molecule has 1 heterocycles. The smallest absolute Gasteiger partial charge is 0.322 e. The topological polar surface area (TPSA) is 108 Å². The van der Waals surface area contributed by atoms with Gasteiger partial charge in [0.1, 0.15) is 12.1 Å². The average Bonchev–Trinajstić information content (AvgIpc) is 3.37. The fraction of sp³-hybridized carbons (Fsp3) is 0.216. The number of carboxylic acids is 1. The molecule has 1 aliphatic heterocycles. The highest BCUT2D eigenvalue weighted by Gasteiger charge is 2.49. The minimum atomic E-state index is -0.993. The van der Waals surface area contributed by atoms with Gasteiger partial charge in [0.25, 0.3) is 5.91 Å². The van der Waals surface area contributed by atoms with Crippen LogP contribution in [0.5, 0.6) is 0 Å². The quantitative estimate of drug-likeness (QED) is 0.359. The van der Waals surface area contributed by atoms with Gasteiger partial charge in [-0.25, -0.2) is 0 Å². The number of benzene rings is 2. The van der Waals surface area contributed by atoms with E-state index in [1.54, 1.807) is 51.1 Å². The third-order valence-corrected chi connectivity index (χ3v) is 7.25. The molecular formula is C37H29N3O4S. The largest absolute Gasteiger partial charge is 0.480 e. The zero-order valence-electron chi connectivity index (χ0n) is 24.9. The van der Waals surface area contributed by atoms with Crippen LogP contribution in [0.25, 0.3) is 0 Å². The minimum Gasteiger partial charge on any atom is -0.480 e. The normalized spacial score (nSPS) is 15.2. The number of carbonyl (C=O) groups is 3. The number of hydrogen-bond acceptors (Lipinski definition) is 5. The number of carbonyl (C=O) groups excluding carboxylic acids is 2. The van der Waals surface area contributed by atoms with Crippen molar-refractivity contribution in [3.63, 3.8) is 0 Å². The molecule has 2 aromatic rings. The number of terminal acetylenes is 1. The summed E-state index contributed by atoms with van der Waals surface area (Å²) in [6.45, 7) is 5.62. The highest BCUT2D eigenvalue weighted by atomic mass is 32.2. The summed E-state index contributed by atoms with van der Waals surface area (Å²) in [5.41, 5.74) is 1.35. The van der Waals surface area contributed by atoms with E-state index in [1.807, 2.05) is 30.3 Å². The van der Waals surface area contributed by atoms with Gasteiger partial charge in [-0.1, -0.05) is 54.5 Å². The van der Waals surface area contributed by atoms with E-state index in [9.17, 15) is 19.5 Å². The van der Waals surface area contributed by atoms with Crippen LogP contribution in [0.3, 0.4) is 0 Å². The number of amides is 2. The van der Waals surface area contributed by atoms with E-state index in [0.29, 0.717) is 12.1 Å². The van der Waals surface area contributed by atoms with Crippen molar-refractivity contribution in [1.82, 2.24) is 16.0 Å². The Hall–Kier alpha value is -5.92. The van der Waals surface area contributed by atoms with E-state index in [-0.39, 0.29) is 5.91 Å². The van der Waals surface area contributed by atoms with Gasteiger partial charge in [0.05, 0.1) is 5.37 Å². The fourth-order valence-electron chi connectivity index (χ4n) is 3.69. The number of nitrogens with one attached hydrogen (secondary N) is 3. The molecule has 0 saturated carbocycles. The molecule has 2 aromatic carbocycles. The molecule has 0 spiro atoms. The molecule has 1 fully saturated rings. The van der Waals surface area contributed by atoms with Crippen molar-refractivity contribution in [2.75, 3.05) is 0 Å². The molecule has 3 atom stereocenters. The Labute approximate surface area is 269 Å². The molecule has 1 saturated heterocycles. The van der Waals surface area contributed by atoms with Crippen molar-refractivity contribution in [3.05, 3.63) is 71.8 Å². The Kier molecular flexibility index (Phi) is 15.1. The maximum absolute atomic E-state index is 13.0. The van der Waals surface area contributed by atoms with Crippen molar-refractivity contribution < 1.29 is 19.5 Å². The van der Waals surface area contributed by atoms with Crippen LogP contribution in [0, 0.1) is 83.4 Å². The monoisotopic (exact) mass is 611 g/mol. The maximum Gasteiger partial charge on any atom is 0.322 e. The third kappa shape index (κ3) is 12.9. The summed E-state index contributed by atoms with van der Waals surface area (Å²) in [7, 11) is 0. The van der Waals surface area contributed by atoms with E-state index in [2.05, 4.69) is 92.9 Å². The second-order valence-corrected chi connectivity index (χ2v) is 11.2. The fourth-order valence-corrected chi connectivity index (χ4v) is 5.19.